The van der Waals surface area contributed by atoms with Gasteiger partial charge in [0.2, 0.25) is 0 Å². The summed E-state index contributed by atoms with van der Waals surface area (Å²) in [5.41, 5.74) is 7.96. The summed E-state index contributed by atoms with van der Waals surface area (Å²) in [6, 6.07) is 48.5. The minimum atomic E-state index is -0.544. The van der Waals surface area contributed by atoms with Crippen LogP contribution in [-0.2, 0) is 19.1 Å². The molecule has 6 heteroatoms. The molecule has 0 N–H and O–H groups in total. The molecular formula is C42H24N2O4. The number of para-hydroxylation sites is 4. The molecule has 0 spiro atoms. The molecular weight excluding hydrogens is 596 g/mol. The van der Waals surface area contributed by atoms with E-state index in [9.17, 15) is 9.59 Å². The fraction of sp³-hybridized carbons (Fsp3) is 0. The van der Waals surface area contributed by atoms with Crippen LogP contribution in [0, 0.1) is 0 Å². The zero-order valence-corrected chi connectivity index (χ0v) is 25.4. The van der Waals surface area contributed by atoms with E-state index >= 15 is 0 Å². The standard InChI is InChI=1S/C42H24N2O4/c45-41-37(25-19-21-35-31(23-25)29-15-7-9-17-33(29)43(35)27-11-3-1-4-12-27)39-40(48-41)38(42(46)47-39)26-20-22-36-32(24-26)30-16-8-10-18-34(30)44(36)28-13-5-2-6-14-28/h1-24H. The number of hydrogen-bond acceptors (Lipinski definition) is 4. The first kappa shape index (κ1) is 26.5. The van der Waals surface area contributed by atoms with Crippen molar-refractivity contribution >= 4 is 66.7 Å². The van der Waals surface area contributed by atoms with Crippen LogP contribution in [0.1, 0.15) is 11.1 Å². The van der Waals surface area contributed by atoms with E-state index in [1.54, 1.807) is 0 Å². The third kappa shape index (κ3) is 3.68. The van der Waals surface area contributed by atoms with E-state index in [0.717, 1.165) is 55.0 Å². The smallest absolute Gasteiger partial charge is 0.348 e. The van der Waals surface area contributed by atoms with Gasteiger partial charge in [0.05, 0.1) is 22.1 Å². The second kappa shape index (κ2) is 9.92. The highest BCUT2D eigenvalue weighted by molar-refractivity contribution is 6.30. The van der Waals surface area contributed by atoms with Gasteiger partial charge in [0.15, 0.2) is 11.5 Å². The molecule has 0 bridgehead atoms. The van der Waals surface area contributed by atoms with Gasteiger partial charge in [0, 0.05) is 32.9 Å². The summed E-state index contributed by atoms with van der Waals surface area (Å²) >= 11 is 0. The van der Waals surface area contributed by atoms with Crippen LogP contribution in [0.2, 0.25) is 0 Å². The number of esters is 2. The molecule has 0 amide bonds. The van der Waals surface area contributed by atoms with Crippen LogP contribution in [-0.4, -0.2) is 21.1 Å². The molecule has 6 aromatic carbocycles. The van der Waals surface area contributed by atoms with Crippen LogP contribution in [0.3, 0.4) is 0 Å². The molecule has 0 atom stereocenters. The van der Waals surface area contributed by atoms with Crippen molar-refractivity contribution in [2.24, 2.45) is 0 Å². The largest absolute Gasteiger partial charge is 0.418 e. The number of carbonyl (C=O) groups is 2. The second-order valence-corrected chi connectivity index (χ2v) is 12.0. The average Bonchev–Trinajstić information content (AvgIpc) is 3.83. The monoisotopic (exact) mass is 620 g/mol. The predicted octanol–water partition coefficient (Wildman–Crippen LogP) is 9.12. The van der Waals surface area contributed by atoms with E-state index in [-0.39, 0.29) is 22.7 Å². The van der Waals surface area contributed by atoms with E-state index < -0.39 is 11.9 Å². The first-order valence-corrected chi connectivity index (χ1v) is 15.8. The Morgan fingerprint density at radius 2 is 0.750 bits per heavy atom. The minimum Gasteiger partial charge on any atom is -0.418 e. The molecule has 8 aromatic rings. The molecule has 2 aliphatic rings. The lowest BCUT2D eigenvalue weighted by molar-refractivity contribution is -0.131. The first-order chi connectivity index (χ1) is 23.7. The maximum absolute atomic E-state index is 13.5. The molecule has 0 saturated heterocycles. The Morgan fingerprint density at radius 1 is 0.375 bits per heavy atom. The van der Waals surface area contributed by atoms with Gasteiger partial charge in [0.25, 0.3) is 0 Å². The van der Waals surface area contributed by atoms with Gasteiger partial charge in [-0.25, -0.2) is 9.59 Å². The molecule has 6 nitrogen and oxygen atoms in total. The highest BCUT2D eigenvalue weighted by Gasteiger charge is 2.44. The summed E-state index contributed by atoms with van der Waals surface area (Å²) in [5.74, 6) is -0.758. The van der Waals surface area contributed by atoms with Crippen molar-refractivity contribution < 1.29 is 19.1 Å². The van der Waals surface area contributed by atoms with Crippen molar-refractivity contribution in [2.45, 2.75) is 0 Å². The van der Waals surface area contributed by atoms with Crippen molar-refractivity contribution in [1.29, 1.82) is 0 Å². The van der Waals surface area contributed by atoms with Crippen molar-refractivity contribution in [3.8, 4) is 11.4 Å². The SMILES string of the molecule is O=C1OC2=C(c3ccc4c(c3)c3ccccc3n4-c3ccccc3)C(=O)OC2=C1c1ccc2c(c1)c1ccccc1n2-c1ccccc1. The Morgan fingerprint density at radius 3 is 1.19 bits per heavy atom. The number of carbonyl (C=O) groups excluding carboxylic acids is 2. The van der Waals surface area contributed by atoms with Gasteiger partial charge in [-0.15, -0.1) is 0 Å². The number of nitrogens with zero attached hydrogens (tertiary/aromatic N) is 2. The maximum atomic E-state index is 13.5. The summed E-state index contributed by atoms with van der Waals surface area (Å²) in [7, 11) is 0. The Hall–Kier alpha value is -6.66. The van der Waals surface area contributed by atoms with Crippen LogP contribution >= 0.6 is 0 Å². The Kier molecular flexibility index (Phi) is 5.49. The zero-order valence-electron chi connectivity index (χ0n) is 25.4. The molecule has 0 aliphatic carbocycles. The lowest BCUT2D eigenvalue weighted by Crippen LogP contribution is -2.05. The first-order valence-electron chi connectivity index (χ1n) is 15.8. The van der Waals surface area contributed by atoms with Crippen molar-refractivity contribution in [2.75, 3.05) is 0 Å². The lowest BCUT2D eigenvalue weighted by atomic mass is 10.0. The van der Waals surface area contributed by atoms with Crippen LogP contribution in [0.25, 0.3) is 66.1 Å². The Bertz CT molecular complexity index is 2560. The lowest BCUT2D eigenvalue weighted by Gasteiger charge is -2.08. The van der Waals surface area contributed by atoms with Gasteiger partial charge in [-0.1, -0.05) is 84.9 Å². The number of ether oxygens (including phenoxy) is 2. The number of fused-ring (bicyclic) bond motifs is 7. The topological polar surface area (TPSA) is 62.5 Å². The highest BCUT2D eigenvalue weighted by atomic mass is 16.6. The van der Waals surface area contributed by atoms with Gasteiger partial charge >= 0.3 is 11.9 Å². The second-order valence-electron chi connectivity index (χ2n) is 12.0. The zero-order chi connectivity index (χ0) is 31.9. The van der Waals surface area contributed by atoms with Crippen molar-refractivity contribution in [1.82, 2.24) is 9.13 Å². The fourth-order valence-corrected chi connectivity index (χ4v) is 7.36. The molecule has 0 fully saturated rings. The highest BCUT2D eigenvalue weighted by Crippen LogP contribution is 2.45. The molecule has 48 heavy (non-hydrogen) atoms. The molecule has 0 radical (unpaired) electrons. The van der Waals surface area contributed by atoms with Crippen molar-refractivity contribution in [3.63, 3.8) is 0 Å². The third-order valence-corrected chi connectivity index (χ3v) is 9.41. The minimum absolute atomic E-state index is 0.165. The normalized spacial score (nSPS) is 14.5. The number of aromatic nitrogens is 2. The van der Waals surface area contributed by atoms with Crippen LogP contribution in [0.4, 0.5) is 0 Å². The van der Waals surface area contributed by atoms with E-state index in [2.05, 4.69) is 57.7 Å². The van der Waals surface area contributed by atoms with E-state index in [1.165, 1.54) is 0 Å². The predicted molar refractivity (Wildman–Crippen MR) is 188 cm³/mol. The van der Waals surface area contributed by atoms with Gasteiger partial charge in [0.1, 0.15) is 11.1 Å². The number of benzene rings is 6. The molecule has 226 valence electrons. The van der Waals surface area contributed by atoms with E-state index in [1.807, 2.05) is 97.1 Å². The third-order valence-electron chi connectivity index (χ3n) is 9.41. The molecule has 0 saturated carbocycles. The molecule has 0 unspecified atom stereocenters. The van der Waals surface area contributed by atoms with Gasteiger partial charge in [-0.05, 0) is 71.8 Å². The van der Waals surface area contributed by atoms with Gasteiger partial charge in [-0.3, -0.25) is 0 Å². The molecule has 2 aromatic heterocycles. The summed E-state index contributed by atoms with van der Waals surface area (Å²) in [6.45, 7) is 0. The summed E-state index contributed by atoms with van der Waals surface area (Å²) in [5, 5.41) is 4.07. The van der Waals surface area contributed by atoms with Crippen molar-refractivity contribution in [3.05, 3.63) is 168 Å². The van der Waals surface area contributed by atoms with Crippen LogP contribution in [0.15, 0.2) is 157 Å². The molecule has 4 heterocycles. The Labute approximate surface area is 274 Å². The summed E-state index contributed by atoms with van der Waals surface area (Å²) in [4.78, 5) is 27.1. The molecule has 10 rings (SSSR count). The summed E-state index contributed by atoms with van der Waals surface area (Å²) < 4.78 is 16.1. The Balaban J connectivity index is 1.14. The van der Waals surface area contributed by atoms with Gasteiger partial charge in [-0.2, -0.15) is 0 Å². The van der Waals surface area contributed by atoms with E-state index in [0.29, 0.717) is 11.1 Å². The molecule has 2 aliphatic heterocycles. The van der Waals surface area contributed by atoms with Crippen LogP contribution in [0.5, 0.6) is 0 Å². The van der Waals surface area contributed by atoms with Gasteiger partial charge < -0.3 is 18.6 Å². The fourth-order valence-electron chi connectivity index (χ4n) is 7.36. The quantitative estimate of drug-likeness (QED) is 0.184. The summed E-state index contributed by atoms with van der Waals surface area (Å²) in [6.07, 6.45) is 0. The average molecular weight is 621 g/mol. The van der Waals surface area contributed by atoms with Crippen LogP contribution < -0.4 is 0 Å². The number of rotatable bonds is 4. The maximum Gasteiger partial charge on any atom is 0.348 e. The van der Waals surface area contributed by atoms with E-state index in [4.69, 9.17) is 9.47 Å². The number of hydrogen-bond donors (Lipinski definition) is 0.